The first kappa shape index (κ1) is 13.8. The van der Waals surface area contributed by atoms with E-state index in [2.05, 4.69) is 14.8 Å². The van der Waals surface area contributed by atoms with Gasteiger partial charge in [0.2, 0.25) is 0 Å². The maximum Gasteiger partial charge on any atom is 0.128 e. The highest BCUT2D eigenvalue weighted by molar-refractivity contribution is 5.41. The summed E-state index contributed by atoms with van der Waals surface area (Å²) in [6.07, 6.45) is 8.45. The lowest BCUT2D eigenvalue weighted by Crippen LogP contribution is -2.46. The van der Waals surface area contributed by atoms with Crippen molar-refractivity contribution < 1.29 is 5.11 Å². The summed E-state index contributed by atoms with van der Waals surface area (Å²) < 4.78 is 0. The summed E-state index contributed by atoms with van der Waals surface area (Å²) in [7, 11) is 0. The van der Waals surface area contributed by atoms with E-state index in [1.165, 1.54) is 45.2 Å². The average molecular weight is 275 g/mol. The molecule has 2 aliphatic heterocycles. The van der Waals surface area contributed by atoms with Gasteiger partial charge < -0.3 is 14.9 Å². The molecule has 1 aromatic rings. The standard InChI is InChI=1S/C16H25N3O/c20-13-14-4-7-17-16(12-14)19-10-5-15(6-11-19)18-8-2-1-3-9-18/h4,7,12,15,20H,1-3,5-6,8-11,13H2. The minimum absolute atomic E-state index is 0.0970. The molecule has 20 heavy (non-hydrogen) atoms. The van der Waals surface area contributed by atoms with E-state index in [-0.39, 0.29) is 6.61 Å². The van der Waals surface area contributed by atoms with Gasteiger partial charge in [0, 0.05) is 25.3 Å². The van der Waals surface area contributed by atoms with Gasteiger partial charge in [-0.1, -0.05) is 6.42 Å². The van der Waals surface area contributed by atoms with E-state index in [0.29, 0.717) is 0 Å². The Morgan fingerprint density at radius 1 is 1.10 bits per heavy atom. The molecule has 0 radical (unpaired) electrons. The van der Waals surface area contributed by atoms with Crippen molar-refractivity contribution in [3.05, 3.63) is 23.9 Å². The van der Waals surface area contributed by atoms with Crippen LogP contribution in [0, 0.1) is 0 Å². The monoisotopic (exact) mass is 275 g/mol. The molecular formula is C16H25N3O. The number of piperidine rings is 2. The average Bonchev–Trinajstić information content (AvgIpc) is 2.56. The number of hydrogen-bond donors (Lipinski definition) is 1. The minimum Gasteiger partial charge on any atom is -0.392 e. The van der Waals surface area contributed by atoms with E-state index >= 15 is 0 Å². The molecule has 0 amide bonds. The summed E-state index contributed by atoms with van der Waals surface area (Å²) in [6.45, 7) is 4.86. The summed E-state index contributed by atoms with van der Waals surface area (Å²) >= 11 is 0. The normalized spacial score (nSPS) is 22.1. The molecule has 0 atom stereocenters. The van der Waals surface area contributed by atoms with E-state index in [1.807, 2.05) is 12.1 Å². The zero-order chi connectivity index (χ0) is 13.8. The first-order chi connectivity index (χ1) is 9.86. The Kier molecular flexibility index (Phi) is 4.53. The highest BCUT2D eigenvalue weighted by Gasteiger charge is 2.25. The van der Waals surface area contributed by atoms with Crippen LogP contribution in [0.1, 0.15) is 37.7 Å². The molecule has 1 aromatic heterocycles. The number of anilines is 1. The van der Waals surface area contributed by atoms with E-state index in [9.17, 15) is 5.11 Å². The number of aromatic nitrogens is 1. The van der Waals surface area contributed by atoms with E-state index in [1.54, 1.807) is 6.20 Å². The number of rotatable bonds is 3. The van der Waals surface area contributed by atoms with Crippen LogP contribution in [-0.4, -0.2) is 47.2 Å². The lowest BCUT2D eigenvalue weighted by atomic mass is 10.00. The van der Waals surface area contributed by atoms with Gasteiger partial charge in [-0.2, -0.15) is 0 Å². The summed E-state index contributed by atoms with van der Waals surface area (Å²) in [4.78, 5) is 9.50. The quantitative estimate of drug-likeness (QED) is 0.916. The van der Waals surface area contributed by atoms with Gasteiger partial charge in [-0.05, 0) is 56.5 Å². The molecule has 0 bridgehead atoms. The van der Waals surface area contributed by atoms with Crippen molar-refractivity contribution >= 4 is 5.82 Å². The van der Waals surface area contributed by atoms with E-state index < -0.39 is 0 Å². The van der Waals surface area contributed by atoms with Crippen molar-refractivity contribution in [3.63, 3.8) is 0 Å². The van der Waals surface area contributed by atoms with Gasteiger partial charge >= 0.3 is 0 Å². The van der Waals surface area contributed by atoms with Crippen LogP contribution in [0.2, 0.25) is 0 Å². The van der Waals surface area contributed by atoms with Gasteiger partial charge in [0.15, 0.2) is 0 Å². The molecule has 4 heteroatoms. The third-order valence-electron chi connectivity index (χ3n) is 4.69. The van der Waals surface area contributed by atoms with E-state index in [4.69, 9.17) is 0 Å². The predicted octanol–water partition coefficient (Wildman–Crippen LogP) is 2.03. The number of aliphatic hydroxyl groups excluding tert-OH is 1. The number of likely N-dealkylation sites (tertiary alicyclic amines) is 1. The maximum absolute atomic E-state index is 9.22. The Bertz CT molecular complexity index is 423. The molecule has 2 aliphatic rings. The number of pyridine rings is 1. The van der Waals surface area contributed by atoms with Crippen molar-refractivity contribution in [1.29, 1.82) is 0 Å². The molecule has 1 N–H and O–H groups in total. The van der Waals surface area contributed by atoms with Crippen LogP contribution in [0.15, 0.2) is 18.3 Å². The zero-order valence-corrected chi connectivity index (χ0v) is 12.2. The lowest BCUT2D eigenvalue weighted by molar-refractivity contribution is 0.141. The van der Waals surface area contributed by atoms with Crippen LogP contribution < -0.4 is 4.90 Å². The van der Waals surface area contributed by atoms with Gasteiger partial charge in [0.05, 0.1) is 6.61 Å². The molecule has 0 spiro atoms. The molecule has 3 rings (SSSR count). The molecule has 0 unspecified atom stereocenters. The number of aliphatic hydroxyl groups is 1. The van der Waals surface area contributed by atoms with Crippen LogP contribution in [-0.2, 0) is 6.61 Å². The Labute approximate surface area is 121 Å². The second-order valence-electron chi connectivity index (χ2n) is 6.00. The third-order valence-corrected chi connectivity index (χ3v) is 4.69. The Balaban J connectivity index is 1.57. The Hall–Kier alpha value is -1.13. The van der Waals surface area contributed by atoms with Crippen molar-refractivity contribution in [2.45, 2.75) is 44.8 Å². The van der Waals surface area contributed by atoms with Crippen LogP contribution in [0.25, 0.3) is 0 Å². The molecule has 4 nitrogen and oxygen atoms in total. The fraction of sp³-hybridized carbons (Fsp3) is 0.688. The lowest BCUT2D eigenvalue weighted by Gasteiger charge is -2.40. The molecule has 3 heterocycles. The summed E-state index contributed by atoms with van der Waals surface area (Å²) in [5, 5.41) is 9.22. The van der Waals surface area contributed by atoms with Crippen molar-refractivity contribution in [2.24, 2.45) is 0 Å². The van der Waals surface area contributed by atoms with Crippen molar-refractivity contribution in [2.75, 3.05) is 31.1 Å². The molecule has 0 aliphatic carbocycles. The van der Waals surface area contributed by atoms with Gasteiger partial charge in [-0.15, -0.1) is 0 Å². The molecule has 0 aromatic carbocycles. The smallest absolute Gasteiger partial charge is 0.128 e. The van der Waals surface area contributed by atoms with Crippen molar-refractivity contribution in [1.82, 2.24) is 9.88 Å². The summed E-state index contributed by atoms with van der Waals surface area (Å²) in [6, 6.07) is 4.66. The van der Waals surface area contributed by atoms with Gasteiger partial charge in [0.25, 0.3) is 0 Å². The van der Waals surface area contributed by atoms with Crippen LogP contribution in [0.3, 0.4) is 0 Å². The van der Waals surface area contributed by atoms with Crippen LogP contribution in [0.5, 0.6) is 0 Å². The molecule has 0 saturated carbocycles. The largest absolute Gasteiger partial charge is 0.392 e. The van der Waals surface area contributed by atoms with E-state index in [0.717, 1.165) is 30.5 Å². The molecule has 110 valence electrons. The van der Waals surface area contributed by atoms with Crippen molar-refractivity contribution in [3.8, 4) is 0 Å². The molecule has 2 saturated heterocycles. The van der Waals surface area contributed by atoms with Crippen LogP contribution in [0.4, 0.5) is 5.82 Å². The third kappa shape index (κ3) is 3.13. The topological polar surface area (TPSA) is 39.6 Å². The van der Waals surface area contributed by atoms with Gasteiger partial charge in [0.1, 0.15) is 5.82 Å². The first-order valence-electron chi connectivity index (χ1n) is 7.91. The molecular weight excluding hydrogens is 250 g/mol. The predicted molar refractivity (Wildman–Crippen MR) is 80.8 cm³/mol. The Morgan fingerprint density at radius 2 is 1.85 bits per heavy atom. The maximum atomic E-state index is 9.22. The highest BCUT2D eigenvalue weighted by Crippen LogP contribution is 2.24. The van der Waals surface area contributed by atoms with Gasteiger partial charge in [-0.25, -0.2) is 4.98 Å². The minimum atomic E-state index is 0.0970. The second-order valence-corrected chi connectivity index (χ2v) is 6.00. The highest BCUT2D eigenvalue weighted by atomic mass is 16.3. The fourth-order valence-corrected chi connectivity index (χ4v) is 3.48. The summed E-state index contributed by atoms with van der Waals surface area (Å²) in [5.74, 6) is 1.02. The summed E-state index contributed by atoms with van der Waals surface area (Å²) in [5.41, 5.74) is 0.952. The van der Waals surface area contributed by atoms with Crippen LogP contribution >= 0.6 is 0 Å². The first-order valence-corrected chi connectivity index (χ1v) is 7.91. The number of nitrogens with zero attached hydrogens (tertiary/aromatic N) is 3. The Morgan fingerprint density at radius 3 is 2.55 bits per heavy atom. The second kappa shape index (κ2) is 6.55. The molecule has 2 fully saturated rings. The number of hydrogen-bond acceptors (Lipinski definition) is 4. The fourth-order valence-electron chi connectivity index (χ4n) is 3.48. The zero-order valence-electron chi connectivity index (χ0n) is 12.2. The SMILES string of the molecule is OCc1ccnc(N2CCC(N3CCCCC3)CC2)c1. The van der Waals surface area contributed by atoms with Gasteiger partial charge in [-0.3, -0.25) is 0 Å².